The highest BCUT2D eigenvalue weighted by atomic mass is 19.1. The second-order valence-corrected chi connectivity index (χ2v) is 8.72. The first-order valence-electron chi connectivity index (χ1n) is 9.49. The standard InChI is InChI=1S/C21H22FNO6/c1-9-8-28-18-15(10-5-11(10)20(27)29-21(2,3)4)14(22)6-12-16(18)23(9)7-13(17(12)24)19(25)26/h6-7,9-11H,5,8H2,1-4H3,(H,25,26)/t9-,10?,11?/m0/s1. The van der Waals surface area contributed by atoms with Gasteiger partial charge in [0.2, 0.25) is 5.43 Å². The topological polar surface area (TPSA) is 94.8 Å². The fourth-order valence-corrected chi connectivity index (χ4v) is 3.90. The van der Waals surface area contributed by atoms with Crippen LogP contribution in [0.5, 0.6) is 5.75 Å². The SMILES string of the molecule is C[C@H]1COc2c(C3CC3C(=O)OC(C)(C)C)c(F)cc3c(=O)c(C(=O)O)cn1c23. The van der Waals surface area contributed by atoms with Gasteiger partial charge in [-0.3, -0.25) is 9.59 Å². The lowest BCUT2D eigenvalue weighted by Crippen LogP contribution is -2.27. The molecule has 0 saturated heterocycles. The highest BCUT2D eigenvalue weighted by Gasteiger charge is 2.49. The van der Waals surface area contributed by atoms with Crippen LogP contribution in [-0.4, -0.2) is 33.8 Å². The van der Waals surface area contributed by atoms with Crippen molar-refractivity contribution in [2.45, 2.75) is 51.7 Å². The van der Waals surface area contributed by atoms with Gasteiger partial charge in [0.15, 0.2) is 0 Å². The number of pyridine rings is 1. The number of hydrogen-bond acceptors (Lipinski definition) is 5. The second kappa shape index (κ2) is 6.30. The number of ether oxygens (including phenoxy) is 2. The summed E-state index contributed by atoms with van der Waals surface area (Å²) in [6, 6.07) is 0.827. The zero-order chi connectivity index (χ0) is 21.2. The van der Waals surface area contributed by atoms with Crippen LogP contribution in [0, 0.1) is 11.7 Å². The summed E-state index contributed by atoms with van der Waals surface area (Å²) in [4.78, 5) is 36.4. The number of rotatable bonds is 3. The van der Waals surface area contributed by atoms with Gasteiger partial charge in [-0.05, 0) is 40.2 Å². The maximum absolute atomic E-state index is 15.1. The number of carbonyl (C=O) groups is 2. The van der Waals surface area contributed by atoms with Crippen LogP contribution in [-0.2, 0) is 9.53 Å². The Balaban J connectivity index is 1.86. The molecule has 1 aliphatic heterocycles. The smallest absolute Gasteiger partial charge is 0.341 e. The van der Waals surface area contributed by atoms with E-state index >= 15 is 4.39 Å². The largest absolute Gasteiger partial charge is 0.489 e. The molecule has 0 amide bonds. The molecule has 2 aliphatic rings. The summed E-state index contributed by atoms with van der Waals surface area (Å²) in [5, 5.41) is 9.30. The molecule has 154 valence electrons. The Morgan fingerprint density at radius 3 is 2.66 bits per heavy atom. The quantitative estimate of drug-likeness (QED) is 0.791. The summed E-state index contributed by atoms with van der Waals surface area (Å²) in [5.41, 5.74) is -1.20. The Morgan fingerprint density at radius 1 is 1.34 bits per heavy atom. The molecule has 1 aliphatic carbocycles. The Morgan fingerprint density at radius 2 is 2.03 bits per heavy atom. The minimum Gasteiger partial charge on any atom is -0.489 e. The fourth-order valence-electron chi connectivity index (χ4n) is 3.90. The van der Waals surface area contributed by atoms with Crippen LogP contribution >= 0.6 is 0 Å². The third kappa shape index (κ3) is 3.16. The van der Waals surface area contributed by atoms with Crippen LogP contribution in [0.2, 0.25) is 0 Å². The van der Waals surface area contributed by atoms with Crippen LogP contribution < -0.4 is 10.2 Å². The minimum absolute atomic E-state index is 0.0397. The van der Waals surface area contributed by atoms with Crippen LogP contribution in [0.1, 0.15) is 62.0 Å². The van der Waals surface area contributed by atoms with Crippen molar-refractivity contribution >= 4 is 22.8 Å². The van der Waals surface area contributed by atoms with E-state index < -0.39 is 46.2 Å². The first-order chi connectivity index (χ1) is 13.5. The number of esters is 1. The fraction of sp³-hybridized carbons (Fsp3) is 0.476. The number of carboxylic acid groups (broad SMARTS) is 1. The molecule has 29 heavy (non-hydrogen) atoms. The summed E-state index contributed by atoms with van der Waals surface area (Å²) in [5.74, 6) is -3.10. The molecule has 4 rings (SSSR count). The Bertz CT molecular complexity index is 1110. The van der Waals surface area contributed by atoms with Crippen molar-refractivity contribution in [3.8, 4) is 5.75 Å². The van der Waals surface area contributed by atoms with Crippen molar-refractivity contribution in [2.75, 3.05) is 6.61 Å². The van der Waals surface area contributed by atoms with Gasteiger partial charge in [-0.15, -0.1) is 0 Å². The number of carboxylic acids is 1. The summed E-state index contributed by atoms with van der Waals surface area (Å²) >= 11 is 0. The second-order valence-electron chi connectivity index (χ2n) is 8.72. The Hall–Kier alpha value is -2.90. The normalized spacial score (nSPS) is 22.9. The van der Waals surface area contributed by atoms with Gasteiger partial charge < -0.3 is 19.1 Å². The Kier molecular flexibility index (Phi) is 4.22. The minimum atomic E-state index is -1.36. The van der Waals surface area contributed by atoms with E-state index in [0.29, 0.717) is 11.9 Å². The first-order valence-corrected chi connectivity index (χ1v) is 9.49. The number of benzene rings is 1. The molecule has 1 N–H and O–H groups in total. The van der Waals surface area contributed by atoms with Crippen LogP contribution in [0.3, 0.4) is 0 Å². The van der Waals surface area contributed by atoms with Gasteiger partial charge in [0.1, 0.15) is 29.3 Å². The monoisotopic (exact) mass is 403 g/mol. The van der Waals surface area contributed by atoms with E-state index in [-0.39, 0.29) is 29.3 Å². The maximum atomic E-state index is 15.1. The third-order valence-electron chi connectivity index (χ3n) is 5.30. The molecule has 7 nitrogen and oxygen atoms in total. The van der Waals surface area contributed by atoms with Crippen LogP contribution in [0.15, 0.2) is 17.1 Å². The first kappa shape index (κ1) is 19.4. The van der Waals surface area contributed by atoms with Crippen molar-refractivity contribution in [3.63, 3.8) is 0 Å². The third-order valence-corrected chi connectivity index (χ3v) is 5.30. The molecule has 0 spiro atoms. The molecule has 2 aromatic rings. The van der Waals surface area contributed by atoms with E-state index in [4.69, 9.17) is 9.47 Å². The van der Waals surface area contributed by atoms with Crippen LogP contribution in [0.25, 0.3) is 10.9 Å². The summed E-state index contributed by atoms with van der Waals surface area (Å²) in [6.07, 6.45) is 1.71. The Labute approximate surface area is 166 Å². The van der Waals surface area contributed by atoms with Crippen molar-refractivity contribution in [3.05, 3.63) is 39.4 Å². The van der Waals surface area contributed by atoms with Gasteiger partial charge in [0, 0.05) is 17.7 Å². The van der Waals surface area contributed by atoms with E-state index in [1.165, 1.54) is 6.20 Å². The zero-order valence-electron chi connectivity index (χ0n) is 16.6. The number of aromatic carboxylic acids is 1. The molecule has 3 atom stereocenters. The van der Waals surface area contributed by atoms with E-state index in [9.17, 15) is 19.5 Å². The number of nitrogens with zero attached hydrogens (tertiary/aromatic N) is 1. The number of aromatic nitrogens is 1. The van der Waals surface area contributed by atoms with Crippen molar-refractivity contribution in [1.29, 1.82) is 0 Å². The molecule has 2 unspecified atom stereocenters. The molecule has 8 heteroatoms. The number of carbonyl (C=O) groups excluding carboxylic acids is 1. The number of halogens is 1. The molecule has 0 bridgehead atoms. The number of hydrogen-bond donors (Lipinski definition) is 1. The molecular formula is C21H22FNO6. The van der Waals surface area contributed by atoms with Crippen molar-refractivity contribution in [2.24, 2.45) is 5.92 Å². The summed E-state index contributed by atoms with van der Waals surface area (Å²) < 4.78 is 27.9. The van der Waals surface area contributed by atoms with Gasteiger partial charge in [0.25, 0.3) is 0 Å². The maximum Gasteiger partial charge on any atom is 0.341 e. The van der Waals surface area contributed by atoms with Gasteiger partial charge in [-0.2, -0.15) is 0 Å². The molecule has 1 saturated carbocycles. The van der Waals surface area contributed by atoms with Gasteiger partial charge in [0.05, 0.1) is 22.9 Å². The highest BCUT2D eigenvalue weighted by molar-refractivity contribution is 5.95. The van der Waals surface area contributed by atoms with E-state index in [1.807, 2.05) is 6.92 Å². The molecule has 0 radical (unpaired) electrons. The molecule has 1 aromatic carbocycles. The summed E-state index contributed by atoms with van der Waals surface area (Å²) in [6.45, 7) is 7.33. The lowest BCUT2D eigenvalue weighted by atomic mass is 10.00. The van der Waals surface area contributed by atoms with Gasteiger partial charge in [-0.25, -0.2) is 9.18 Å². The summed E-state index contributed by atoms with van der Waals surface area (Å²) in [7, 11) is 0. The molecule has 2 heterocycles. The van der Waals surface area contributed by atoms with Gasteiger partial charge in [-0.1, -0.05) is 0 Å². The lowest BCUT2D eigenvalue weighted by Gasteiger charge is -2.28. The molecule has 1 aromatic heterocycles. The predicted molar refractivity (Wildman–Crippen MR) is 102 cm³/mol. The predicted octanol–water partition coefficient (Wildman–Crippen LogP) is 3.24. The van der Waals surface area contributed by atoms with E-state index in [2.05, 4.69) is 0 Å². The average molecular weight is 403 g/mol. The molecule has 1 fully saturated rings. The van der Waals surface area contributed by atoms with Gasteiger partial charge >= 0.3 is 11.9 Å². The van der Waals surface area contributed by atoms with Crippen molar-refractivity contribution in [1.82, 2.24) is 4.57 Å². The average Bonchev–Trinajstić information content (AvgIpc) is 3.38. The van der Waals surface area contributed by atoms with E-state index in [0.717, 1.165) is 6.07 Å². The highest BCUT2D eigenvalue weighted by Crippen LogP contribution is 2.54. The van der Waals surface area contributed by atoms with Crippen LogP contribution in [0.4, 0.5) is 4.39 Å². The molecular weight excluding hydrogens is 381 g/mol. The zero-order valence-corrected chi connectivity index (χ0v) is 16.6. The van der Waals surface area contributed by atoms with Crippen molar-refractivity contribution < 1.29 is 28.6 Å². The van der Waals surface area contributed by atoms with E-state index in [1.54, 1.807) is 25.3 Å². The lowest BCUT2D eigenvalue weighted by molar-refractivity contribution is -0.156.